The first-order chi connectivity index (χ1) is 9.20. The summed E-state index contributed by atoms with van der Waals surface area (Å²) in [5.74, 6) is 0. The molecule has 0 bridgehead atoms. The number of rotatable bonds is 6. The summed E-state index contributed by atoms with van der Waals surface area (Å²) in [6, 6.07) is 11.2. The monoisotopic (exact) mass is 257 g/mol. The van der Waals surface area contributed by atoms with Crippen molar-refractivity contribution in [1.82, 2.24) is 9.88 Å². The summed E-state index contributed by atoms with van der Waals surface area (Å²) in [4.78, 5) is 6.82. The molecule has 2 aromatic rings. The van der Waals surface area contributed by atoms with E-state index in [0.29, 0.717) is 6.04 Å². The summed E-state index contributed by atoms with van der Waals surface area (Å²) < 4.78 is 0. The Morgan fingerprint density at radius 2 is 2.11 bits per heavy atom. The predicted octanol–water partition coefficient (Wildman–Crippen LogP) is 2.79. The SMILES string of the molecule is CC(C)N(CCCN)Cc1ccc2ncccc2c1. The van der Waals surface area contributed by atoms with Crippen LogP contribution < -0.4 is 5.73 Å². The van der Waals surface area contributed by atoms with Crippen LogP contribution in [0.1, 0.15) is 25.8 Å². The lowest BCUT2D eigenvalue weighted by Gasteiger charge is -2.26. The van der Waals surface area contributed by atoms with Gasteiger partial charge in [0.15, 0.2) is 0 Å². The van der Waals surface area contributed by atoms with E-state index in [9.17, 15) is 0 Å². The number of fused-ring (bicyclic) bond motifs is 1. The van der Waals surface area contributed by atoms with Crippen LogP contribution in [0.15, 0.2) is 36.5 Å². The average Bonchev–Trinajstić information content (AvgIpc) is 2.43. The third kappa shape index (κ3) is 3.75. The highest BCUT2D eigenvalue weighted by Gasteiger charge is 2.09. The van der Waals surface area contributed by atoms with Crippen molar-refractivity contribution < 1.29 is 0 Å². The van der Waals surface area contributed by atoms with Crippen molar-refractivity contribution in [1.29, 1.82) is 0 Å². The van der Waals surface area contributed by atoms with E-state index >= 15 is 0 Å². The summed E-state index contributed by atoms with van der Waals surface area (Å²) in [6.07, 6.45) is 2.89. The molecule has 19 heavy (non-hydrogen) atoms. The van der Waals surface area contributed by atoms with E-state index in [1.165, 1.54) is 10.9 Å². The zero-order valence-corrected chi connectivity index (χ0v) is 11.8. The fourth-order valence-corrected chi connectivity index (χ4v) is 2.27. The summed E-state index contributed by atoms with van der Waals surface area (Å²) >= 11 is 0. The lowest BCUT2D eigenvalue weighted by atomic mass is 10.1. The highest BCUT2D eigenvalue weighted by Crippen LogP contribution is 2.16. The first-order valence-corrected chi connectivity index (χ1v) is 6.98. The molecule has 0 aliphatic heterocycles. The molecule has 0 spiro atoms. The minimum atomic E-state index is 0.538. The highest BCUT2D eigenvalue weighted by atomic mass is 15.1. The summed E-state index contributed by atoms with van der Waals surface area (Å²) in [7, 11) is 0. The van der Waals surface area contributed by atoms with Gasteiger partial charge in [0, 0.05) is 24.2 Å². The molecule has 0 saturated carbocycles. The van der Waals surface area contributed by atoms with Gasteiger partial charge in [0.1, 0.15) is 0 Å². The third-order valence-electron chi connectivity index (χ3n) is 3.43. The molecule has 102 valence electrons. The Morgan fingerprint density at radius 1 is 1.26 bits per heavy atom. The van der Waals surface area contributed by atoms with E-state index in [4.69, 9.17) is 5.73 Å². The quantitative estimate of drug-likeness (QED) is 0.865. The molecular formula is C16H23N3. The normalized spacial score (nSPS) is 11.6. The molecule has 2 rings (SSSR count). The maximum Gasteiger partial charge on any atom is 0.0702 e. The number of hydrogen-bond donors (Lipinski definition) is 1. The Labute approximate surface area is 115 Å². The number of pyridine rings is 1. The minimum Gasteiger partial charge on any atom is -0.330 e. The van der Waals surface area contributed by atoms with Crippen LogP contribution >= 0.6 is 0 Å². The third-order valence-corrected chi connectivity index (χ3v) is 3.43. The molecule has 0 amide bonds. The Morgan fingerprint density at radius 3 is 2.84 bits per heavy atom. The first-order valence-electron chi connectivity index (χ1n) is 6.98. The van der Waals surface area contributed by atoms with Crippen molar-refractivity contribution in [3.63, 3.8) is 0 Å². The second kappa shape index (κ2) is 6.64. The number of benzene rings is 1. The van der Waals surface area contributed by atoms with Crippen molar-refractivity contribution in [2.75, 3.05) is 13.1 Å². The maximum absolute atomic E-state index is 5.61. The zero-order chi connectivity index (χ0) is 13.7. The van der Waals surface area contributed by atoms with Crippen LogP contribution in [0.4, 0.5) is 0 Å². The smallest absolute Gasteiger partial charge is 0.0702 e. The van der Waals surface area contributed by atoms with Gasteiger partial charge in [-0.3, -0.25) is 9.88 Å². The van der Waals surface area contributed by atoms with Crippen molar-refractivity contribution in [2.45, 2.75) is 32.9 Å². The van der Waals surface area contributed by atoms with Crippen molar-refractivity contribution in [3.05, 3.63) is 42.1 Å². The second-order valence-electron chi connectivity index (χ2n) is 5.24. The fraction of sp³-hybridized carbons (Fsp3) is 0.438. The van der Waals surface area contributed by atoms with Crippen LogP contribution in [0.5, 0.6) is 0 Å². The van der Waals surface area contributed by atoms with Crippen molar-refractivity contribution in [3.8, 4) is 0 Å². The molecule has 0 unspecified atom stereocenters. The van der Waals surface area contributed by atoms with Crippen molar-refractivity contribution in [2.24, 2.45) is 5.73 Å². The molecule has 1 aromatic heterocycles. The van der Waals surface area contributed by atoms with Crippen LogP contribution in [0, 0.1) is 0 Å². The number of nitrogens with two attached hydrogens (primary N) is 1. The molecule has 0 radical (unpaired) electrons. The minimum absolute atomic E-state index is 0.538. The molecule has 0 fully saturated rings. The maximum atomic E-state index is 5.61. The Balaban J connectivity index is 2.14. The van der Waals surface area contributed by atoms with E-state index in [1.54, 1.807) is 0 Å². The average molecular weight is 257 g/mol. The van der Waals surface area contributed by atoms with E-state index in [-0.39, 0.29) is 0 Å². The van der Waals surface area contributed by atoms with Gasteiger partial charge in [0.05, 0.1) is 5.52 Å². The van der Waals surface area contributed by atoms with Crippen LogP contribution in [-0.2, 0) is 6.54 Å². The molecule has 0 aliphatic rings. The summed E-state index contributed by atoms with van der Waals surface area (Å²) in [6.45, 7) is 7.25. The molecular weight excluding hydrogens is 234 g/mol. The number of hydrogen-bond acceptors (Lipinski definition) is 3. The number of nitrogens with zero attached hydrogens (tertiary/aromatic N) is 2. The van der Waals surface area contributed by atoms with E-state index in [2.05, 4.69) is 48.0 Å². The van der Waals surface area contributed by atoms with Crippen LogP contribution in [0.25, 0.3) is 10.9 Å². The van der Waals surface area contributed by atoms with Gasteiger partial charge in [0.2, 0.25) is 0 Å². The molecule has 0 saturated heterocycles. The molecule has 3 nitrogen and oxygen atoms in total. The van der Waals surface area contributed by atoms with E-state index in [0.717, 1.165) is 31.6 Å². The summed E-state index contributed by atoms with van der Waals surface area (Å²) in [5, 5.41) is 1.21. The lowest BCUT2D eigenvalue weighted by Crippen LogP contribution is -2.32. The molecule has 2 N–H and O–H groups in total. The molecule has 0 aliphatic carbocycles. The fourth-order valence-electron chi connectivity index (χ4n) is 2.27. The van der Waals surface area contributed by atoms with Gasteiger partial charge in [-0.05, 0) is 57.1 Å². The van der Waals surface area contributed by atoms with E-state index in [1.807, 2.05) is 12.3 Å². The molecule has 0 atom stereocenters. The van der Waals surface area contributed by atoms with Crippen molar-refractivity contribution >= 4 is 10.9 Å². The van der Waals surface area contributed by atoms with Gasteiger partial charge in [0.25, 0.3) is 0 Å². The standard InChI is InChI=1S/C16H23N3/c1-13(2)19(10-4-8-17)12-14-6-7-16-15(11-14)5-3-9-18-16/h3,5-7,9,11,13H,4,8,10,12,17H2,1-2H3. The zero-order valence-electron chi connectivity index (χ0n) is 11.8. The Hall–Kier alpha value is -1.45. The van der Waals surface area contributed by atoms with Crippen LogP contribution in [0.3, 0.4) is 0 Å². The predicted molar refractivity (Wildman–Crippen MR) is 81.0 cm³/mol. The van der Waals surface area contributed by atoms with Gasteiger partial charge in [-0.2, -0.15) is 0 Å². The van der Waals surface area contributed by atoms with Gasteiger partial charge in [-0.1, -0.05) is 12.1 Å². The van der Waals surface area contributed by atoms with Crippen LogP contribution in [-0.4, -0.2) is 29.0 Å². The first kappa shape index (κ1) is 14.0. The van der Waals surface area contributed by atoms with Gasteiger partial charge >= 0.3 is 0 Å². The molecule has 1 heterocycles. The lowest BCUT2D eigenvalue weighted by molar-refractivity contribution is 0.211. The second-order valence-corrected chi connectivity index (χ2v) is 5.24. The molecule has 1 aromatic carbocycles. The molecule has 3 heteroatoms. The number of aromatic nitrogens is 1. The largest absolute Gasteiger partial charge is 0.330 e. The van der Waals surface area contributed by atoms with Crippen LogP contribution in [0.2, 0.25) is 0 Å². The van der Waals surface area contributed by atoms with E-state index < -0.39 is 0 Å². The summed E-state index contributed by atoms with van der Waals surface area (Å²) in [5.41, 5.74) is 8.01. The topological polar surface area (TPSA) is 42.1 Å². The van der Waals surface area contributed by atoms with Gasteiger partial charge in [-0.25, -0.2) is 0 Å². The van der Waals surface area contributed by atoms with Gasteiger partial charge in [-0.15, -0.1) is 0 Å². The Kier molecular flexibility index (Phi) is 4.88. The Bertz CT molecular complexity index is 522. The van der Waals surface area contributed by atoms with Gasteiger partial charge < -0.3 is 5.73 Å². The highest BCUT2D eigenvalue weighted by molar-refractivity contribution is 5.78.